The Kier molecular flexibility index (Phi) is 22.1. The Morgan fingerprint density at radius 2 is 0.571 bits per heavy atom. The van der Waals surface area contributed by atoms with Crippen molar-refractivity contribution in [2.45, 2.75) is 252 Å². The van der Waals surface area contributed by atoms with Gasteiger partial charge >= 0.3 is 8.80 Å². The highest BCUT2D eigenvalue weighted by Crippen LogP contribution is 2.53. The first-order valence-electron chi connectivity index (χ1n) is 21.1. The summed E-state index contributed by atoms with van der Waals surface area (Å²) in [6, 6.07) is 2.26. The molecule has 0 aliphatic rings. The van der Waals surface area contributed by atoms with Crippen LogP contribution in [0.3, 0.4) is 0 Å². The van der Waals surface area contributed by atoms with Gasteiger partial charge in [0.1, 0.15) is 0 Å². The highest BCUT2D eigenvalue weighted by molar-refractivity contribution is 6.94. The third-order valence-electron chi connectivity index (χ3n) is 12.4. The van der Waals surface area contributed by atoms with Crippen LogP contribution in [0.15, 0.2) is 0 Å². The maximum Gasteiger partial charge on any atom is 0.469 e. The van der Waals surface area contributed by atoms with Crippen molar-refractivity contribution in [2.75, 3.05) is 6.61 Å². The molecule has 0 amide bonds. The molecule has 0 heterocycles. The predicted molar refractivity (Wildman–Crippen MR) is 233 cm³/mol. The van der Waals surface area contributed by atoms with E-state index in [1.54, 1.807) is 0 Å². The lowest BCUT2D eigenvalue weighted by molar-refractivity contribution is 0.216. The summed E-state index contributed by atoms with van der Waals surface area (Å²) in [4.78, 5) is 0. The third-order valence-corrected chi connectivity index (χ3v) is 40.2. The molecule has 296 valence electrons. The Morgan fingerprint density at radius 1 is 0.347 bits per heavy atom. The van der Waals surface area contributed by atoms with E-state index < -0.39 is 42.1 Å². The van der Waals surface area contributed by atoms with Gasteiger partial charge in [-0.15, -0.1) is 0 Å². The zero-order valence-electron chi connectivity index (χ0n) is 37.4. The lowest BCUT2D eigenvalue weighted by atomic mass is 10.1. The van der Waals surface area contributed by atoms with Crippen molar-refractivity contribution in [1.29, 1.82) is 0 Å². The summed E-state index contributed by atoms with van der Waals surface area (Å²) in [6.45, 7) is 51.7. The van der Waals surface area contributed by atoms with E-state index in [9.17, 15) is 0 Å². The Labute approximate surface area is 315 Å². The molecular weight excluding hydrogens is 685 g/mol. The molecule has 0 saturated heterocycles. The van der Waals surface area contributed by atoms with Crippen LogP contribution in [-0.4, -0.2) is 48.7 Å². The average molecular weight is 778 g/mol. The first-order chi connectivity index (χ1) is 22.4. The van der Waals surface area contributed by atoms with Gasteiger partial charge < -0.3 is 16.8 Å². The van der Waals surface area contributed by atoms with Crippen molar-refractivity contribution >= 4 is 42.1 Å². The minimum Gasteiger partial charge on any atom is -0.418 e. The summed E-state index contributed by atoms with van der Waals surface area (Å²) in [5.41, 5.74) is 4.41. The fraction of sp³-hybridized carbons (Fsp3) is 1.00. The minimum absolute atomic E-state index is 0.490. The molecule has 0 N–H and O–H groups in total. The van der Waals surface area contributed by atoms with E-state index in [1.807, 2.05) is 0 Å². The van der Waals surface area contributed by atoms with Gasteiger partial charge in [-0.1, -0.05) is 163 Å². The molecule has 0 fully saturated rings. The van der Waals surface area contributed by atoms with Gasteiger partial charge in [-0.2, -0.15) is 0 Å². The van der Waals surface area contributed by atoms with Crippen LogP contribution in [0, 0.1) is 0 Å². The van der Waals surface area contributed by atoms with Crippen molar-refractivity contribution in [3.63, 3.8) is 0 Å². The molecule has 0 aliphatic heterocycles. The first-order valence-corrected chi connectivity index (χ1v) is 32.6. The zero-order valence-corrected chi connectivity index (χ0v) is 42.4. The zero-order chi connectivity index (χ0) is 38.6. The van der Waals surface area contributed by atoms with Crippen LogP contribution in [0.4, 0.5) is 0 Å². The third kappa shape index (κ3) is 13.0. The molecule has 0 bridgehead atoms. The number of hydrogen-bond donors (Lipinski definition) is 0. The van der Waals surface area contributed by atoms with Gasteiger partial charge in [0.25, 0.3) is 0 Å². The number of rotatable bonds is 27. The summed E-state index contributed by atoms with van der Waals surface area (Å²) in [5, 5.41) is 0. The van der Waals surface area contributed by atoms with Gasteiger partial charge in [0, 0.05) is 12.7 Å². The topological polar surface area (TPSA) is 36.9 Å². The quantitative estimate of drug-likeness (QED) is 0.0615. The smallest absolute Gasteiger partial charge is 0.418 e. The van der Waals surface area contributed by atoms with Crippen LogP contribution in [0.25, 0.3) is 0 Å². The molecule has 0 saturated carbocycles. The fourth-order valence-corrected chi connectivity index (χ4v) is 42.8. The Morgan fingerprint density at radius 3 is 0.796 bits per heavy atom. The minimum atomic E-state index is -3.20. The molecule has 0 radical (unpaired) electrons. The fourth-order valence-electron chi connectivity index (χ4n) is 10.3. The average Bonchev–Trinajstić information content (AvgIpc) is 2.94. The molecule has 9 heteroatoms. The van der Waals surface area contributed by atoms with Crippen molar-refractivity contribution in [3.8, 4) is 0 Å². The highest BCUT2D eigenvalue weighted by Gasteiger charge is 2.63. The molecule has 49 heavy (non-hydrogen) atoms. The summed E-state index contributed by atoms with van der Waals surface area (Å²) in [5.74, 6) is 0. The van der Waals surface area contributed by atoms with Crippen LogP contribution < -0.4 is 0 Å². The standard InChI is InChI=1S/C40H92O4Si5/c1-22-41-45(20,21)30-28-26-24-23-25-27-29-31-46(42-47(32(2)3,33(4)5)34(6)7,43-48(35(8)9,36(10)11)37(12)13)44-49(38(14)15,39(16)17)40(18)19/h32-40H,22-31H2,1-21H3. The van der Waals surface area contributed by atoms with Crippen LogP contribution in [0.2, 0.25) is 75.1 Å². The summed E-state index contributed by atoms with van der Waals surface area (Å²) in [7, 11) is -11.7. The molecule has 0 aromatic heterocycles. The van der Waals surface area contributed by atoms with Crippen LogP contribution in [0.5, 0.6) is 0 Å². The molecule has 0 rings (SSSR count). The van der Waals surface area contributed by atoms with E-state index >= 15 is 0 Å². The van der Waals surface area contributed by atoms with E-state index in [0.29, 0.717) is 49.9 Å². The van der Waals surface area contributed by atoms with Gasteiger partial charge in [0.2, 0.25) is 0 Å². The molecule has 0 unspecified atom stereocenters. The van der Waals surface area contributed by atoms with Crippen molar-refractivity contribution < 1.29 is 16.8 Å². The summed E-state index contributed by atoms with van der Waals surface area (Å²) >= 11 is 0. The Bertz CT molecular complexity index is 737. The van der Waals surface area contributed by atoms with Crippen molar-refractivity contribution in [1.82, 2.24) is 0 Å². The van der Waals surface area contributed by atoms with Gasteiger partial charge in [-0.3, -0.25) is 0 Å². The molecule has 0 atom stereocenters. The van der Waals surface area contributed by atoms with E-state index in [-0.39, 0.29) is 0 Å². The Hall–Kier alpha value is 0.924. The molecule has 0 spiro atoms. The van der Waals surface area contributed by atoms with Gasteiger partial charge in [0.15, 0.2) is 33.3 Å². The van der Waals surface area contributed by atoms with Crippen LogP contribution in [-0.2, 0) is 16.8 Å². The molecule has 0 aromatic carbocycles. The van der Waals surface area contributed by atoms with E-state index in [4.69, 9.17) is 16.8 Å². The summed E-state index contributed by atoms with van der Waals surface area (Å²) in [6.07, 6.45) is 8.98. The molecule has 0 aromatic rings. The van der Waals surface area contributed by atoms with Crippen LogP contribution >= 0.6 is 0 Å². The largest absolute Gasteiger partial charge is 0.469 e. The maximum absolute atomic E-state index is 8.23. The lowest BCUT2D eigenvalue weighted by Gasteiger charge is -2.56. The van der Waals surface area contributed by atoms with Gasteiger partial charge in [0.05, 0.1) is 0 Å². The van der Waals surface area contributed by atoms with E-state index in [2.05, 4.69) is 145 Å². The van der Waals surface area contributed by atoms with E-state index in [0.717, 1.165) is 19.1 Å². The predicted octanol–water partition coefficient (Wildman–Crippen LogP) is 15.5. The van der Waals surface area contributed by atoms with Gasteiger partial charge in [-0.05, 0) is 82.4 Å². The van der Waals surface area contributed by atoms with Crippen molar-refractivity contribution in [2.24, 2.45) is 0 Å². The second kappa shape index (κ2) is 21.7. The monoisotopic (exact) mass is 777 g/mol. The van der Waals surface area contributed by atoms with E-state index in [1.165, 1.54) is 44.6 Å². The molecular formula is C40H92O4Si5. The lowest BCUT2D eigenvalue weighted by Crippen LogP contribution is -2.69. The second-order valence-corrected chi connectivity index (χ2v) is 43.2. The number of unbranched alkanes of at least 4 members (excludes halogenated alkanes) is 6. The second-order valence-electron chi connectivity index (χ2n) is 19.1. The highest BCUT2D eigenvalue weighted by atomic mass is 28.5. The summed E-state index contributed by atoms with van der Waals surface area (Å²) < 4.78 is 30.8. The maximum atomic E-state index is 8.23. The van der Waals surface area contributed by atoms with Gasteiger partial charge in [-0.25, -0.2) is 0 Å². The Balaban J connectivity index is 7.05. The van der Waals surface area contributed by atoms with Crippen molar-refractivity contribution in [3.05, 3.63) is 0 Å². The number of hydrogen-bond acceptors (Lipinski definition) is 4. The first kappa shape index (κ1) is 49.9. The SMILES string of the molecule is CCO[Si](C)(C)CCCCCCCCC[Si](O[Si](C(C)C)(C(C)C)C(C)C)(O[Si](C(C)C)(C(C)C)C(C)C)O[Si](C(C)C)(C(C)C)C(C)C. The van der Waals surface area contributed by atoms with Crippen LogP contribution in [0.1, 0.15) is 176 Å². The normalized spacial score (nSPS) is 14.6. The molecule has 4 nitrogen and oxygen atoms in total. The molecule has 0 aliphatic carbocycles.